The van der Waals surface area contributed by atoms with Gasteiger partial charge in [0.05, 0.1) is 0 Å². The minimum Gasteiger partial charge on any atom is -0.619 e. The molecule has 1 aromatic heterocycles. The van der Waals surface area contributed by atoms with Gasteiger partial charge in [0.1, 0.15) is 0 Å². The summed E-state index contributed by atoms with van der Waals surface area (Å²) in [6.07, 6.45) is 0.907. The second-order valence-corrected chi connectivity index (χ2v) is 1.87. The highest BCUT2D eigenvalue weighted by molar-refractivity contribution is 5.07. The van der Waals surface area contributed by atoms with Crippen molar-refractivity contribution in [2.24, 2.45) is 0 Å². The first kappa shape index (κ1) is 6.98. The summed E-state index contributed by atoms with van der Waals surface area (Å²) in [4.78, 5) is 0. The number of rotatable bonds is 1. The van der Waals surface area contributed by atoms with Gasteiger partial charge in [0, 0.05) is 17.7 Å². The minimum atomic E-state index is -1.50. The second-order valence-electron chi connectivity index (χ2n) is 1.87. The van der Waals surface area contributed by atoms with Crippen LogP contribution in [-0.4, -0.2) is 10.2 Å². The molecule has 54 valence electrons. The summed E-state index contributed by atoms with van der Waals surface area (Å²) >= 11 is 0. The Kier molecular flexibility index (Phi) is 1.84. The average molecular weight is 141 g/mol. The highest BCUT2D eigenvalue weighted by Gasteiger charge is 2.01. The van der Waals surface area contributed by atoms with Crippen molar-refractivity contribution in [1.29, 1.82) is 0 Å². The molecule has 0 aromatic carbocycles. The van der Waals surface area contributed by atoms with Crippen LogP contribution in [-0.2, 0) is 0 Å². The zero-order valence-electron chi connectivity index (χ0n) is 5.14. The molecule has 4 nitrogen and oxygen atoms in total. The molecule has 10 heavy (non-hydrogen) atoms. The van der Waals surface area contributed by atoms with Crippen LogP contribution in [0.5, 0.6) is 0 Å². The number of aliphatic hydroxyl groups is 2. The third-order valence-corrected chi connectivity index (χ3v) is 1.13. The van der Waals surface area contributed by atoms with Crippen LogP contribution in [0.3, 0.4) is 0 Å². The van der Waals surface area contributed by atoms with Crippen molar-refractivity contribution in [3.05, 3.63) is 35.3 Å². The summed E-state index contributed by atoms with van der Waals surface area (Å²) in [6, 6.07) is 2.69. The van der Waals surface area contributed by atoms with Crippen LogP contribution in [0.25, 0.3) is 0 Å². The van der Waals surface area contributed by atoms with Crippen LogP contribution in [0.1, 0.15) is 11.9 Å². The van der Waals surface area contributed by atoms with Gasteiger partial charge in [-0.15, -0.1) is 0 Å². The molecule has 0 saturated heterocycles. The van der Waals surface area contributed by atoms with Gasteiger partial charge >= 0.3 is 0 Å². The van der Waals surface area contributed by atoms with E-state index in [1.54, 1.807) is 0 Å². The molecular formula is C6H7NO3. The lowest BCUT2D eigenvalue weighted by Gasteiger charge is -2.01. The number of aliphatic hydroxyl groups excluding tert-OH is 1. The van der Waals surface area contributed by atoms with E-state index in [2.05, 4.69) is 0 Å². The Balaban J connectivity index is 2.89. The quantitative estimate of drug-likeness (QED) is 0.309. The fourth-order valence-corrected chi connectivity index (χ4v) is 0.596. The number of hydrogen-bond donors (Lipinski definition) is 2. The maximum absolute atomic E-state index is 10.4. The predicted molar refractivity (Wildman–Crippen MR) is 32.6 cm³/mol. The summed E-state index contributed by atoms with van der Waals surface area (Å²) in [5.41, 5.74) is 0.312. The molecule has 0 radical (unpaired) electrons. The van der Waals surface area contributed by atoms with E-state index in [-0.39, 0.29) is 0 Å². The number of nitrogens with zero attached hydrogens (tertiary/aromatic N) is 1. The van der Waals surface area contributed by atoms with E-state index in [4.69, 9.17) is 10.2 Å². The highest BCUT2D eigenvalue weighted by atomic mass is 16.5. The Morgan fingerprint density at radius 2 is 1.80 bits per heavy atom. The van der Waals surface area contributed by atoms with Gasteiger partial charge in [0.2, 0.25) is 0 Å². The highest BCUT2D eigenvalue weighted by Crippen LogP contribution is 2.04. The second kappa shape index (κ2) is 2.64. The van der Waals surface area contributed by atoms with Gasteiger partial charge in [-0.3, -0.25) is 0 Å². The molecule has 0 aliphatic heterocycles. The van der Waals surface area contributed by atoms with E-state index in [1.807, 2.05) is 0 Å². The molecule has 0 aliphatic carbocycles. The monoisotopic (exact) mass is 141 g/mol. The number of aromatic nitrogens is 1. The van der Waals surface area contributed by atoms with Crippen LogP contribution in [0.4, 0.5) is 0 Å². The van der Waals surface area contributed by atoms with Crippen molar-refractivity contribution in [2.45, 2.75) is 6.29 Å². The predicted octanol–water partition coefficient (Wildman–Crippen LogP) is -0.697. The SMILES string of the molecule is [O-][n+]1ccc(C(O)O)cc1. The lowest BCUT2D eigenvalue weighted by molar-refractivity contribution is -0.605. The molecular weight excluding hydrogens is 134 g/mol. The van der Waals surface area contributed by atoms with Crippen molar-refractivity contribution in [3.63, 3.8) is 0 Å². The van der Waals surface area contributed by atoms with Crippen molar-refractivity contribution in [1.82, 2.24) is 0 Å². The van der Waals surface area contributed by atoms with Crippen LogP contribution in [0, 0.1) is 5.21 Å². The van der Waals surface area contributed by atoms with Gasteiger partial charge in [-0.1, -0.05) is 0 Å². The molecule has 1 aromatic rings. The normalized spacial score (nSPS) is 10.3. The maximum atomic E-state index is 10.4. The third-order valence-electron chi connectivity index (χ3n) is 1.13. The Bertz CT molecular complexity index is 207. The molecule has 0 bridgehead atoms. The van der Waals surface area contributed by atoms with E-state index in [9.17, 15) is 5.21 Å². The Labute approximate surface area is 57.6 Å². The fraction of sp³-hybridized carbons (Fsp3) is 0.167. The molecule has 0 atom stereocenters. The van der Waals surface area contributed by atoms with E-state index in [1.165, 1.54) is 24.5 Å². The van der Waals surface area contributed by atoms with Crippen LogP contribution in [0.2, 0.25) is 0 Å². The Morgan fingerprint density at radius 3 is 2.20 bits per heavy atom. The molecule has 0 saturated carbocycles. The molecule has 1 heterocycles. The Hall–Kier alpha value is -1.13. The average Bonchev–Trinajstić information content (AvgIpc) is 1.88. The van der Waals surface area contributed by atoms with Crippen molar-refractivity contribution >= 4 is 0 Å². The first-order valence-corrected chi connectivity index (χ1v) is 2.75. The molecule has 0 amide bonds. The fourth-order valence-electron chi connectivity index (χ4n) is 0.596. The summed E-state index contributed by atoms with van der Waals surface area (Å²) < 4.78 is 0.575. The van der Waals surface area contributed by atoms with Crippen molar-refractivity contribution < 1.29 is 14.9 Å². The van der Waals surface area contributed by atoms with Gasteiger partial charge < -0.3 is 15.4 Å². The first-order chi connectivity index (χ1) is 4.70. The van der Waals surface area contributed by atoms with Crippen LogP contribution < -0.4 is 4.73 Å². The largest absolute Gasteiger partial charge is 0.619 e. The molecule has 4 heteroatoms. The van der Waals surface area contributed by atoms with E-state index >= 15 is 0 Å². The van der Waals surface area contributed by atoms with Gasteiger partial charge in [0.15, 0.2) is 18.7 Å². The number of pyridine rings is 1. The molecule has 0 aliphatic rings. The van der Waals surface area contributed by atoms with E-state index in [0.29, 0.717) is 10.3 Å². The minimum absolute atomic E-state index is 0.312. The standard InChI is InChI=1S/C6H7NO3/c8-6(9)5-1-3-7(10)4-2-5/h1-4,6,8-9H. The van der Waals surface area contributed by atoms with Crippen LogP contribution >= 0.6 is 0 Å². The summed E-state index contributed by atoms with van der Waals surface area (Å²) in [5.74, 6) is 0. The summed E-state index contributed by atoms with van der Waals surface area (Å²) in [7, 11) is 0. The molecule has 0 unspecified atom stereocenters. The van der Waals surface area contributed by atoms with Crippen LogP contribution in [0.15, 0.2) is 24.5 Å². The van der Waals surface area contributed by atoms with Crippen molar-refractivity contribution in [2.75, 3.05) is 0 Å². The maximum Gasteiger partial charge on any atom is 0.180 e. The van der Waals surface area contributed by atoms with Gasteiger partial charge in [-0.2, -0.15) is 4.73 Å². The van der Waals surface area contributed by atoms with E-state index < -0.39 is 6.29 Å². The first-order valence-electron chi connectivity index (χ1n) is 2.75. The summed E-state index contributed by atoms with van der Waals surface area (Å²) in [6.45, 7) is 0. The smallest absolute Gasteiger partial charge is 0.180 e. The molecule has 1 rings (SSSR count). The Morgan fingerprint density at radius 1 is 1.30 bits per heavy atom. The summed E-state index contributed by atoms with van der Waals surface area (Å²) in [5, 5.41) is 27.5. The zero-order chi connectivity index (χ0) is 7.56. The molecule has 0 fully saturated rings. The number of hydrogen-bond acceptors (Lipinski definition) is 3. The van der Waals surface area contributed by atoms with E-state index in [0.717, 1.165) is 0 Å². The third kappa shape index (κ3) is 1.43. The van der Waals surface area contributed by atoms with Crippen molar-refractivity contribution in [3.8, 4) is 0 Å². The van der Waals surface area contributed by atoms with Gasteiger partial charge in [-0.25, -0.2) is 0 Å². The van der Waals surface area contributed by atoms with Gasteiger partial charge in [0.25, 0.3) is 0 Å². The lowest BCUT2D eigenvalue weighted by Crippen LogP contribution is -2.24. The lowest BCUT2D eigenvalue weighted by atomic mass is 10.3. The molecule has 2 N–H and O–H groups in total. The topological polar surface area (TPSA) is 67.4 Å². The zero-order valence-corrected chi connectivity index (χ0v) is 5.14. The van der Waals surface area contributed by atoms with Gasteiger partial charge in [-0.05, 0) is 0 Å². The molecule has 0 spiro atoms.